The predicted octanol–water partition coefficient (Wildman–Crippen LogP) is 1.91. The number of carbonyl (C=O) groups excluding carboxylic acids is 1. The molecule has 0 spiro atoms. The van der Waals surface area contributed by atoms with Crippen LogP contribution in [0.25, 0.3) is 0 Å². The molecular weight excluding hydrogens is 230 g/mol. The molecule has 0 aromatic heterocycles. The Morgan fingerprint density at radius 2 is 2.06 bits per heavy atom. The minimum atomic E-state index is -1.06. The Hall–Kier alpha value is -1.69. The number of anilines is 2. The predicted molar refractivity (Wildman–Crippen MR) is 60.5 cm³/mol. The van der Waals surface area contributed by atoms with E-state index in [1.54, 1.807) is 6.92 Å². The van der Waals surface area contributed by atoms with Crippen LogP contribution in [0.3, 0.4) is 0 Å². The van der Waals surface area contributed by atoms with Crippen molar-refractivity contribution in [2.75, 3.05) is 18.2 Å². The Kier molecular flexibility index (Phi) is 4.39. The van der Waals surface area contributed by atoms with Crippen LogP contribution < -0.4 is 11.1 Å². The molecule has 94 valence electrons. The van der Waals surface area contributed by atoms with Crippen molar-refractivity contribution in [1.29, 1.82) is 0 Å². The molecule has 0 fully saturated rings. The Morgan fingerprint density at radius 1 is 1.47 bits per heavy atom. The molecule has 3 N–H and O–H groups in total. The van der Waals surface area contributed by atoms with Gasteiger partial charge in [0, 0.05) is 19.2 Å². The number of methoxy groups -OCH3 is 1. The summed E-state index contributed by atoms with van der Waals surface area (Å²) in [6.07, 6.45) is -0.156. The summed E-state index contributed by atoms with van der Waals surface area (Å²) in [7, 11) is 1.48. The molecular formula is C11H14F2N2O2. The van der Waals surface area contributed by atoms with Gasteiger partial charge < -0.3 is 15.8 Å². The largest absolute Gasteiger partial charge is 0.397 e. The van der Waals surface area contributed by atoms with Crippen molar-refractivity contribution >= 4 is 17.3 Å². The first kappa shape index (κ1) is 13.4. The fourth-order valence-electron chi connectivity index (χ4n) is 1.22. The normalized spacial score (nSPS) is 12.2. The smallest absolute Gasteiger partial charge is 0.227 e. The molecule has 6 heteroatoms. The summed E-state index contributed by atoms with van der Waals surface area (Å²) < 4.78 is 30.6. The Balaban J connectivity index is 2.75. The highest BCUT2D eigenvalue weighted by Gasteiger charge is 2.12. The topological polar surface area (TPSA) is 64.3 Å². The molecule has 1 rings (SSSR count). The van der Waals surface area contributed by atoms with Gasteiger partial charge in [-0.25, -0.2) is 8.78 Å². The second kappa shape index (κ2) is 5.58. The van der Waals surface area contributed by atoms with E-state index < -0.39 is 11.6 Å². The van der Waals surface area contributed by atoms with Crippen LogP contribution in [-0.2, 0) is 9.53 Å². The molecule has 0 saturated carbocycles. The van der Waals surface area contributed by atoms with Gasteiger partial charge in [-0.15, -0.1) is 0 Å². The van der Waals surface area contributed by atoms with E-state index in [0.29, 0.717) is 0 Å². The monoisotopic (exact) mass is 244 g/mol. The zero-order valence-electron chi connectivity index (χ0n) is 9.59. The Labute approximate surface area is 97.8 Å². The molecule has 0 aliphatic rings. The third kappa shape index (κ3) is 3.67. The summed E-state index contributed by atoms with van der Waals surface area (Å²) in [5, 5.41) is 2.39. The number of nitrogen functional groups attached to an aromatic ring is 1. The van der Waals surface area contributed by atoms with E-state index >= 15 is 0 Å². The van der Waals surface area contributed by atoms with Gasteiger partial charge in [-0.2, -0.15) is 0 Å². The summed E-state index contributed by atoms with van der Waals surface area (Å²) in [5.74, 6) is -2.49. The standard InChI is InChI=1S/C11H14F2N2O2/c1-6(17-2)3-11(16)15-10-5-8(13)7(12)4-9(10)14/h4-6H,3,14H2,1-2H3,(H,15,16)/t6-/m1/s1. The van der Waals surface area contributed by atoms with Crippen LogP contribution in [0.5, 0.6) is 0 Å². The third-order valence-corrected chi connectivity index (χ3v) is 2.24. The number of halogens is 2. The summed E-state index contributed by atoms with van der Waals surface area (Å²) in [6, 6.07) is 1.67. The molecule has 1 aromatic rings. The average Bonchev–Trinajstić information content (AvgIpc) is 2.25. The van der Waals surface area contributed by atoms with Gasteiger partial charge >= 0.3 is 0 Å². The summed E-state index contributed by atoms with van der Waals surface area (Å²) in [6.45, 7) is 1.72. The zero-order valence-corrected chi connectivity index (χ0v) is 9.59. The van der Waals surface area contributed by atoms with Crippen molar-refractivity contribution in [3.8, 4) is 0 Å². The third-order valence-electron chi connectivity index (χ3n) is 2.24. The average molecular weight is 244 g/mol. The van der Waals surface area contributed by atoms with E-state index in [4.69, 9.17) is 10.5 Å². The quantitative estimate of drug-likeness (QED) is 0.795. The number of benzene rings is 1. The fourth-order valence-corrected chi connectivity index (χ4v) is 1.22. The maximum atomic E-state index is 12.9. The van der Waals surface area contributed by atoms with Gasteiger partial charge in [-0.05, 0) is 6.92 Å². The van der Waals surface area contributed by atoms with Crippen LogP contribution in [0.4, 0.5) is 20.2 Å². The Bertz CT molecular complexity index is 424. The van der Waals surface area contributed by atoms with Crippen LogP contribution >= 0.6 is 0 Å². The van der Waals surface area contributed by atoms with Gasteiger partial charge in [0.1, 0.15) is 0 Å². The fraction of sp³-hybridized carbons (Fsp3) is 0.364. The molecule has 0 aliphatic heterocycles. The second-order valence-corrected chi connectivity index (χ2v) is 3.65. The van der Waals surface area contributed by atoms with Crippen molar-refractivity contribution in [1.82, 2.24) is 0 Å². The number of hydrogen-bond donors (Lipinski definition) is 2. The van der Waals surface area contributed by atoms with Gasteiger partial charge in [0.2, 0.25) is 5.91 Å². The lowest BCUT2D eigenvalue weighted by atomic mass is 10.2. The molecule has 0 heterocycles. The van der Waals surface area contributed by atoms with E-state index in [2.05, 4.69) is 5.32 Å². The Morgan fingerprint density at radius 3 is 2.65 bits per heavy atom. The number of amides is 1. The van der Waals surface area contributed by atoms with Crippen LogP contribution in [0.2, 0.25) is 0 Å². The van der Waals surface area contributed by atoms with E-state index in [1.807, 2.05) is 0 Å². The van der Waals surface area contributed by atoms with Gasteiger partial charge in [0.15, 0.2) is 11.6 Å². The minimum absolute atomic E-state index is 0.0256. The van der Waals surface area contributed by atoms with Gasteiger partial charge in [-0.1, -0.05) is 0 Å². The molecule has 0 aliphatic carbocycles. The van der Waals surface area contributed by atoms with Crippen LogP contribution in [-0.4, -0.2) is 19.1 Å². The van der Waals surface area contributed by atoms with Gasteiger partial charge in [0.25, 0.3) is 0 Å². The molecule has 0 saturated heterocycles. The number of hydrogen-bond acceptors (Lipinski definition) is 3. The lowest BCUT2D eigenvalue weighted by Gasteiger charge is -2.11. The van der Waals surface area contributed by atoms with E-state index in [0.717, 1.165) is 12.1 Å². The lowest BCUT2D eigenvalue weighted by Crippen LogP contribution is -2.19. The van der Waals surface area contributed by atoms with Crippen LogP contribution in [0.15, 0.2) is 12.1 Å². The van der Waals surface area contributed by atoms with Crippen molar-refractivity contribution in [2.24, 2.45) is 0 Å². The molecule has 17 heavy (non-hydrogen) atoms. The van der Waals surface area contributed by atoms with Gasteiger partial charge in [-0.3, -0.25) is 4.79 Å². The highest BCUT2D eigenvalue weighted by Crippen LogP contribution is 2.22. The van der Waals surface area contributed by atoms with E-state index in [1.165, 1.54) is 7.11 Å². The maximum Gasteiger partial charge on any atom is 0.227 e. The van der Waals surface area contributed by atoms with Crippen molar-refractivity contribution < 1.29 is 18.3 Å². The molecule has 4 nitrogen and oxygen atoms in total. The van der Waals surface area contributed by atoms with Crippen molar-refractivity contribution in [3.63, 3.8) is 0 Å². The summed E-state index contributed by atoms with van der Waals surface area (Å²) in [4.78, 5) is 11.5. The highest BCUT2D eigenvalue weighted by molar-refractivity contribution is 5.94. The molecule has 0 bridgehead atoms. The molecule has 0 radical (unpaired) electrons. The summed E-state index contributed by atoms with van der Waals surface area (Å²) in [5.41, 5.74) is 5.48. The number of ether oxygens (including phenoxy) is 1. The maximum absolute atomic E-state index is 12.9. The SMILES string of the molecule is CO[C@H](C)CC(=O)Nc1cc(F)c(F)cc1N. The highest BCUT2D eigenvalue weighted by atomic mass is 19.2. The van der Waals surface area contributed by atoms with Crippen LogP contribution in [0, 0.1) is 11.6 Å². The van der Waals surface area contributed by atoms with Crippen LogP contribution in [0.1, 0.15) is 13.3 Å². The molecule has 0 unspecified atom stereocenters. The first-order valence-corrected chi connectivity index (χ1v) is 5.01. The summed E-state index contributed by atoms with van der Waals surface area (Å²) >= 11 is 0. The molecule has 1 amide bonds. The van der Waals surface area contributed by atoms with Gasteiger partial charge in [0.05, 0.1) is 23.9 Å². The van der Waals surface area contributed by atoms with E-state index in [-0.39, 0.29) is 29.8 Å². The van der Waals surface area contributed by atoms with Crippen molar-refractivity contribution in [2.45, 2.75) is 19.4 Å². The van der Waals surface area contributed by atoms with E-state index in [9.17, 15) is 13.6 Å². The second-order valence-electron chi connectivity index (χ2n) is 3.65. The minimum Gasteiger partial charge on any atom is -0.397 e. The number of nitrogens with two attached hydrogens (primary N) is 1. The molecule has 1 atom stereocenters. The number of rotatable bonds is 4. The van der Waals surface area contributed by atoms with Crippen molar-refractivity contribution in [3.05, 3.63) is 23.8 Å². The number of carbonyl (C=O) groups is 1. The number of nitrogens with one attached hydrogen (secondary N) is 1. The zero-order chi connectivity index (χ0) is 13.0. The first-order chi connectivity index (χ1) is 7.93. The lowest BCUT2D eigenvalue weighted by molar-refractivity contribution is -0.118. The first-order valence-electron chi connectivity index (χ1n) is 5.01. The molecule has 1 aromatic carbocycles.